The van der Waals surface area contributed by atoms with Crippen LogP contribution >= 0.6 is 35.3 Å². The van der Waals surface area contributed by atoms with Crippen LogP contribution in [0.5, 0.6) is 0 Å². The number of hydrogen-bond donors (Lipinski definition) is 2. The molecule has 0 aromatic carbocycles. The van der Waals surface area contributed by atoms with Crippen LogP contribution in [-0.2, 0) is 12.8 Å². The SMILES string of the molecule is CCNC(=NCCc1ncc(C)s1)NCCc1nc(C(C)C)no1.I. The summed E-state index contributed by atoms with van der Waals surface area (Å²) in [6, 6.07) is 0. The molecule has 0 spiro atoms. The Hall–Kier alpha value is -1.23. The van der Waals surface area contributed by atoms with E-state index in [4.69, 9.17) is 4.52 Å². The highest BCUT2D eigenvalue weighted by Gasteiger charge is 2.09. The summed E-state index contributed by atoms with van der Waals surface area (Å²) in [6.07, 6.45) is 3.44. The van der Waals surface area contributed by atoms with E-state index in [0.29, 0.717) is 25.4 Å². The number of guanidine groups is 1. The molecule has 0 radical (unpaired) electrons. The van der Waals surface area contributed by atoms with Crippen LogP contribution in [-0.4, -0.2) is 40.7 Å². The number of aromatic nitrogens is 3. The highest BCUT2D eigenvalue weighted by atomic mass is 127. The van der Waals surface area contributed by atoms with Crippen LogP contribution in [0.2, 0.25) is 0 Å². The second-order valence-electron chi connectivity index (χ2n) is 5.75. The Bertz CT molecular complexity index is 655. The summed E-state index contributed by atoms with van der Waals surface area (Å²) in [4.78, 5) is 14.5. The lowest BCUT2D eigenvalue weighted by Crippen LogP contribution is -2.38. The molecular weight excluding hydrogens is 451 g/mol. The van der Waals surface area contributed by atoms with Crippen molar-refractivity contribution in [1.82, 2.24) is 25.8 Å². The quantitative estimate of drug-likeness (QED) is 0.345. The van der Waals surface area contributed by atoms with Gasteiger partial charge in [0.25, 0.3) is 0 Å². The van der Waals surface area contributed by atoms with Crippen molar-refractivity contribution in [3.63, 3.8) is 0 Å². The Morgan fingerprint density at radius 2 is 2.12 bits per heavy atom. The first-order valence-electron chi connectivity index (χ1n) is 8.34. The topological polar surface area (TPSA) is 88.2 Å². The van der Waals surface area contributed by atoms with Gasteiger partial charge in [0.15, 0.2) is 11.8 Å². The highest BCUT2D eigenvalue weighted by Crippen LogP contribution is 2.11. The minimum atomic E-state index is 0. The third-order valence-corrected chi connectivity index (χ3v) is 4.21. The molecule has 2 N–H and O–H groups in total. The molecule has 2 heterocycles. The minimum absolute atomic E-state index is 0. The predicted octanol–water partition coefficient (Wildman–Crippen LogP) is 2.92. The Labute approximate surface area is 170 Å². The van der Waals surface area contributed by atoms with E-state index < -0.39 is 0 Å². The van der Waals surface area contributed by atoms with Crippen molar-refractivity contribution < 1.29 is 4.52 Å². The number of rotatable bonds is 8. The van der Waals surface area contributed by atoms with Gasteiger partial charge in [-0.3, -0.25) is 4.99 Å². The first-order valence-corrected chi connectivity index (χ1v) is 9.16. The van der Waals surface area contributed by atoms with Crippen LogP contribution < -0.4 is 10.6 Å². The van der Waals surface area contributed by atoms with Gasteiger partial charge in [-0.1, -0.05) is 19.0 Å². The molecule has 0 aliphatic carbocycles. The zero-order valence-electron chi connectivity index (χ0n) is 15.2. The molecule has 2 aromatic rings. The lowest BCUT2D eigenvalue weighted by Gasteiger charge is -2.09. The van der Waals surface area contributed by atoms with Crippen LogP contribution in [0.3, 0.4) is 0 Å². The van der Waals surface area contributed by atoms with Crippen molar-refractivity contribution in [2.75, 3.05) is 19.6 Å². The first-order chi connectivity index (χ1) is 11.6. The van der Waals surface area contributed by atoms with Crippen LogP contribution in [0, 0.1) is 6.92 Å². The molecule has 9 heteroatoms. The predicted molar refractivity (Wildman–Crippen MR) is 112 cm³/mol. The molecule has 0 unspecified atom stereocenters. The summed E-state index contributed by atoms with van der Waals surface area (Å²) in [5.41, 5.74) is 0. The van der Waals surface area contributed by atoms with E-state index in [1.807, 2.05) is 27.0 Å². The summed E-state index contributed by atoms with van der Waals surface area (Å²) < 4.78 is 5.24. The molecule has 25 heavy (non-hydrogen) atoms. The van der Waals surface area contributed by atoms with Gasteiger partial charge in [-0.25, -0.2) is 4.98 Å². The van der Waals surface area contributed by atoms with Crippen molar-refractivity contribution in [2.24, 2.45) is 4.99 Å². The van der Waals surface area contributed by atoms with E-state index in [2.05, 4.69) is 37.7 Å². The first kappa shape index (κ1) is 21.8. The van der Waals surface area contributed by atoms with Crippen molar-refractivity contribution >= 4 is 41.3 Å². The molecule has 0 saturated heterocycles. The Morgan fingerprint density at radius 1 is 1.32 bits per heavy atom. The summed E-state index contributed by atoms with van der Waals surface area (Å²) in [5, 5.41) is 11.6. The molecule has 0 atom stereocenters. The molecule has 0 fully saturated rings. The van der Waals surface area contributed by atoms with E-state index in [0.717, 1.165) is 29.8 Å². The van der Waals surface area contributed by atoms with Crippen LogP contribution in [0.15, 0.2) is 15.7 Å². The van der Waals surface area contributed by atoms with Crippen molar-refractivity contribution in [1.29, 1.82) is 0 Å². The number of nitrogens with one attached hydrogen (secondary N) is 2. The summed E-state index contributed by atoms with van der Waals surface area (Å²) in [5.74, 6) is 2.49. The highest BCUT2D eigenvalue weighted by molar-refractivity contribution is 14.0. The lowest BCUT2D eigenvalue weighted by molar-refractivity contribution is 0.371. The number of hydrogen-bond acceptors (Lipinski definition) is 6. The fourth-order valence-electron chi connectivity index (χ4n) is 2.01. The molecule has 0 amide bonds. The number of aryl methyl sites for hydroxylation is 1. The summed E-state index contributed by atoms with van der Waals surface area (Å²) in [7, 11) is 0. The van der Waals surface area contributed by atoms with E-state index in [9.17, 15) is 0 Å². The molecule has 0 aliphatic heterocycles. The fourth-order valence-corrected chi connectivity index (χ4v) is 2.79. The molecule has 0 bridgehead atoms. The molecule has 140 valence electrons. The molecule has 2 aromatic heterocycles. The van der Waals surface area contributed by atoms with E-state index in [-0.39, 0.29) is 29.9 Å². The van der Waals surface area contributed by atoms with Gasteiger partial charge in [0.1, 0.15) is 0 Å². The van der Waals surface area contributed by atoms with Gasteiger partial charge in [-0.15, -0.1) is 35.3 Å². The molecule has 0 saturated carbocycles. The Balaban J connectivity index is 0.00000312. The number of halogens is 1. The second kappa shape index (κ2) is 11.4. The molecule has 0 aliphatic rings. The summed E-state index contributed by atoms with van der Waals surface area (Å²) in [6.45, 7) is 10.4. The van der Waals surface area contributed by atoms with E-state index >= 15 is 0 Å². The van der Waals surface area contributed by atoms with Crippen molar-refractivity contribution in [3.05, 3.63) is 27.8 Å². The van der Waals surface area contributed by atoms with Gasteiger partial charge in [-0.05, 0) is 13.8 Å². The normalized spacial score (nSPS) is 11.5. The minimum Gasteiger partial charge on any atom is -0.357 e. The third kappa shape index (κ3) is 7.68. The monoisotopic (exact) mass is 478 g/mol. The lowest BCUT2D eigenvalue weighted by atomic mass is 10.2. The number of nitrogens with zero attached hydrogens (tertiary/aromatic N) is 4. The van der Waals surface area contributed by atoms with Gasteiger partial charge in [0, 0.05) is 49.5 Å². The third-order valence-electron chi connectivity index (χ3n) is 3.24. The standard InChI is InChI=1S/C16H26N6OS.HI/c1-5-17-16(19-9-7-14-20-10-12(4)24-14)18-8-6-13-21-15(11(2)3)22-23-13;/h10-11H,5-9H2,1-4H3,(H2,17,18,19);1H. The van der Waals surface area contributed by atoms with E-state index in [1.165, 1.54) is 4.88 Å². The average Bonchev–Trinajstić information content (AvgIpc) is 3.16. The fraction of sp³-hybridized carbons (Fsp3) is 0.625. The largest absolute Gasteiger partial charge is 0.357 e. The average molecular weight is 478 g/mol. The number of aliphatic imine (C=N–C) groups is 1. The van der Waals surface area contributed by atoms with E-state index in [1.54, 1.807) is 11.3 Å². The van der Waals surface area contributed by atoms with Crippen LogP contribution in [0.1, 0.15) is 48.3 Å². The van der Waals surface area contributed by atoms with Crippen molar-refractivity contribution in [3.8, 4) is 0 Å². The molecular formula is C16H27IN6OS. The number of thiazole rings is 1. The molecule has 7 nitrogen and oxygen atoms in total. The summed E-state index contributed by atoms with van der Waals surface area (Å²) >= 11 is 1.72. The molecule has 2 rings (SSSR count). The van der Waals surface area contributed by atoms with Crippen LogP contribution in [0.4, 0.5) is 0 Å². The van der Waals surface area contributed by atoms with Gasteiger partial charge < -0.3 is 15.2 Å². The second-order valence-corrected chi connectivity index (χ2v) is 7.07. The van der Waals surface area contributed by atoms with Crippen molar-refractivity contribution in [2.45, 2.75) is 46.5 Å². The maximum atomic E-state index is 5.24. The maximum Gasteiger partial charge on any atom is 0.228 e. The Morgan fingerprint density at radius 3 is 2.72 bits per heavy atom. The van der Waals surface area contributed by atoms with Crippen LogP contribution in [0.25, 0.3) is 0 Å². The zero-order valence-corrected chi connectivity index (χ0v) is 18.4. The van der Waals surface area contributed by atoms with Gasteiger partial charge in [0.05, 0.1) is 5.01 Å². The van der Waals surface area contributed by atoms with Gasteiger partial charge >= 0.3 is 0 Å². The smallest absolute Gasteiger partial charge is 0.228 e. The van der Waals surface area contributed by atoms with Gasteiger partial charge in [-0.2, -0.15) is 4.98 Å². The zero-order chi connectivity index (χ0) is 17.4. The maximum absolute atomic E-state index is 5.24. The Kier molecular flexibility index (Phi) is 9.94. The van der Waals surface area contributed by atoms with Gasteiger partial charge in [0.2, 0.25) is 5.89 Å².